The lowest BCUT2D eigenvalue weighted by molar-refractivity contribution is 0.255. The van der Waals surface area contributed by atoms with Crippen LogP contribution in [-0.2, 0) is 23.1 Å². The molecule has 5 aromatic rings. The number of aromatic amines is 1. The van der Waals surface area contributed by atoms with Crippen molar-refractivity contribution >= 4 is 21.1 Å². The molecule has 224 valence electrons. The van der Waals surface area contributed by atoms with Crippen LogP contribution in [0.2, 0.25) is 0 Å². The third kappa shape index (κ3) is 6.32. The van der Waals surface area contributed by atoms with Gasteiger partial charge in [-0.15, -0.1) is 0 Å². The van der Waals surface area contributed by atoms with Gasteiger partial charge in [-0.1, -0.05) is 24.3 Å². The predicted octanol–water partition coefficient (Wildman–Crippen LogP) is 3.13. The van der Waals surface area contributed by atoms with Crippen molar-refractivity contribution in [2.45, 2.75) is 43.3 Å². The van der Waals surface area contributed by atoms with Gasteiger partial charge in [0.25, 0.3) is 0 Å². The molecular weight excluding hydrogens is 564 g/mol. The molecule has 0 saturated carbocycles. The fourth-order valence-electron chi connectivity index (χ4n) is 5.67. The zero-order valence-electron chi connectivity index (χ0n) is 24.1. The molecule has 1 aliphatic rings. The molecule has 43 heavy (non-hydrogen) atoms. The fourth-order valence-corrected chi connectivity index (χ4v) is 7.39. The first-order valence-electron chi connectivity index (χ1n) is 14.6. The van der Waals surface area contributed by atoms with E-state index in [1.807, 2.05) is 54.3 Å². The Morgan fingerprint density at radius 3 is 2.53 bits per heavy atom. The largest absolute Gasteiger partial charge is 0.354 e. The van der Waals surface area contributed by atoms with Gasteiger partial charge < -0.3 is 15.6 Å². The van der Waals surface area contributed by atoms with E-state index in [-0.39, 0.29) is 16.6 Å². The maximum Gasteiger partial charge on any atom is 0.354 e. The monoisotopic (exact) mass is 600 g/mol. The Morgan fingerprint density at radius 1 is 1.07 bits per heavy atom. The molecule has 1 aliphatic heterocycles. The number of rotatable bonds is 11. The number of hydrogen-bond acceptors (Lipinski definition) is 7. The SMILES string of the molecule is CNCc1ccc(-n2cc3cc(-c4ccc(S(=O)(=O)N(CCCn5cccn5)C5CCNCC5)cc4)[nH]c3nc2=O)cc1. The summed E-state index contributed by atoms with van der Waals surface area (Å²) >= 11 is 0. The minimum atomic E-state index is -3.71. The minimum Gasteiger partial charge on any atom is -0.339 e. The molecule has 0 atom stereocenters. The third-order valence-corrected chi connectivity index (χ3v) is 9.88. The maximum atomic E-state index is 13.9. The van der Waals surface area contributed by atoms with Crippen LogP contribution in [0.1, 0.15) is 24.8 Å². The number of aryl methyl sites for hydroxylation is 1. The van der Waals surface area contributed by atoms with Gasteiger partial charge in [-0.25, -0.2) is 13.2 Å². The summed E-state index contributed by atoms with van der Waals surface area (Å²) in [5.74, 6) is 0. The van der Waals surface area contributed by atoms with Gasteiger partial charge in [-0.05, 0) is 86.9 Å². The number of sulfonamides is 1. The van der Waals surface area contributed by atoms with Gasteiger partial charge in [0.15, 0.2) is 0 Å². The van der Waals surface area contributed by atoms with Gasteiger partial charge in [0.2, 0.25) is 10.0 Å². The van der Waals surface area contributed by atoms with Crippen molar-refractivity contribution in [2.24, 2.45) is 0 Å². The first kappa shape index (κ1) is 29.0. The van der Waals surface area contributed by atoms with Crippen LogP contribution in [0, 0.1) is 0 Å². The summed E-state index contributed by atoms with van der Waals surface area (Å²) in [6, 6.07) is 18.4. The highest BCUT2D eigenvalue weighted by atomic mass is 32.2. The molecule has 12 heteroatoms. The summed E-state index contributed by atoms with van der Waals surface area (Å²) in [6.07, 6.45) is 7.63. The molecule has 3 aromatic heterocycles. The molecule has 0 radical (unpaired) electrons. The van der Waals surface area contributed by atoms with Crippen LogP contribution in [0.3, 0.4) is 0 Å². The van der Waals surface area contributed by atoms with Crippen molar-refractivity contribution in [3.05, 3.63) is 95.3 Å². The van der Waals surface area contributed by atoms with E-state index < -0.39 is 10.0 Å². The van der Waals surface area contributed by atoms with Crippen LogP contribution in [-0.4, -0.2) is 69.8 Å². The number of nitrogens with zero attached hydrogens (tertiary/aromatic N) is 5. The number of piperidine rings is 1. The Morgan fingerprint density at radius 2 is 1.84 bits per heavy atom. The van der Waals surface area contributed by atoms with Crippen LogP contribution >= 0.6 is 0 Å². The highest BCUT2D eigenvalue weighted by Crippen LogP contribution is 2.27. The molecule has 4 heterocycles. The molecule has 0 spiro atoms. The summed E-state index contributed by atoms with van der Waals surface area (Å²) in [5.41, 5.74) is 3.51. The van der Waals surface area contributed by atoms with Crippen molar-refractivity contribution in [2.75, 3.05) is 26.7 Å². The molecule has 11 nitrogen and oxygen atoms in total. The summed E-state index contributed by atoms with van der Waals surface area (Å²) in [7, 11) is -1.82. The number of fused-ring (bicyclic) bond motifs is 1. The zero-order chi connectivity index (χ0) is 29.8. The molecule has 1 saturated heterocycles. The number of aromatic nitrogens is 5. The molecule has 2 aromatic carbocycles. The Bertz CT molecular complexity index is 1820. The van der Waals surface area contributed by atoms with Crippen molar-refractivity contribution in [1.29, 1.82) is 0 Å². The second-order valence-electron chi connectivity index (χ2n) is 10.8. The molecule has 0 unspecified atom stereocenters. The standard InChI is InChI=1S/C31H36N8O3S/c1-32-21-23-4-8-26(9-5-23)38-22-25-20-29(35-30(25)36-31(38)40)24-6-10-28(11-7-24)43(41,42)39(27-12-15-33-16-13-27)19-3-18-37-17-2-14-34-37/h2,4-11,14,17,20,22,27,32-33H,3,12-13,15-16,18-19,21H2,1H3,(H,35,36,40). The maximum absolute atomic E-state index is 13.9. The fraction of sp³-hybridized carbons (Fsp3) is 0.323. The average Bonchev–Trinajstić information content (AvgIpc) is 3.70. The molecule has 0 amide bonds. The zero-order valence-corrected chi connectivity index (χ0v) is 24.9. The molecule has 6 rings (SSSR count). The Balaban J connectivity index is 1.23. The minimum absolute atomic E-state index is 0.0455. The van der Waals surface area contributed by atoms with Crippen molar-refractivity contribution in [1.82, 2.24) is 39.3 Å². The van der Waals surface area contributed by atoms with E-state index in [1.165, 1.54) is 4.57 Å². The summed E-state index contributed by atoms with van der Waals surface area (Å²) in [6.45, 7) is 3.43. The van der Waals surface area contributed by atoms with Gasteiger partial charge >= 0.3 is 5.69 Å². The Hall–Kier alpha value is -4.10. The summed E-state index contributed by atoms with van der Waals surface area (Å²) in [4.78, 5) is 20.6. The van der Waals surface area contributed by atoms with Crippen LogP contribution in [0.5, 0.6) is 0 Å². The van der Waals surface area contributed by atoms with Crippen LogP contribution in [0.25, 0.3) is 28.0 Å². The second-order valence-corrected chi connectivity index (χ2v) is 12.7. The van der Waals surface area contributed by atoms with Gasteiger partial charge in [0.05, 0.1) is 10.6 Å². The van der Waals surface area contributed by atoms with Gasteiger partial charge in [-0.3, -0.25) is 9.25 Å². The predicted molar refractivity (Wildman–Crippen MR) is 167 cm³/mol. The van der Waals surface area contributed by atoms with Crippen LogP contribution < -0.4 is 16.3 Å². The second kappa shape index (κ2) is 12.6. The smallest absolute Gasteiger partial charge is 0.339 e. The normalized spacial score (nSPS) is 14.6. The highest BCUT2D eigenvalue weighted by Gasteiger charge is 2.32. The lowest BCUT2D eigenvalue weighted by Gasteiger charge is -2.33. The van der Waals surface area contributed by atoms with Gasteiger partial charge in [-0.2, -0.15) is 14.4 Å². The topological polar surface area (TPSA) is 130 Å². The Kier molecular flexibility index (Phi) is 8.52. The van der Waals surface area contributed by atoms with E-state index in [2.05, 4.69) is 25.7 Å². The molecule has 1 fully saturated rings. The van der Waals surface area contributed by atoms with E-state index in [0.29, 0.717) is 25.2 Å². The lowest BCUT2D eigenvalue weighted by atomic mass is 10.1. The first-order valence-corrected chi connectivity index (χ1v) is 16.0. The van der Waals surface area contributed by atoms with Crippen LogP contribution in [0.4, 0.5) is 0 Å². The van der Waals surface area contributed by atoms with Crippen LogP contribution in [0.15, 0.2) is 88.9 Å². The van der Waals surface area contributed by atoms with Crippen molar-refractivity contribution in [3.63, 3.8) is 0 Å². The number of benzene rings is 2. The van der Waals surface area contributed by atoms with E-state index in [1.54, 1.807) is 41.0 Å². The van der Waals surface area contributed by atoms with Gasteiger partial charge in [0.1, 0.15) is 5.65 Å². The lowest BCUT2D eigenvalue weighted by Crippen LogP contribution is -2.46. The third-order valence-electron chi connectivity index (χ3n) is 7.92. The molecule has 0 bridgehead atoms. The van der Waals surface area contributed by atoms with Gasteiger partial charge in [0, 0.05) is 55.3 Å². The van der Waals surface area contributed by atoms with E-state index in [9.17, 15) is 13.2 Å². The van der Waals surface area contributed by atoms with E-state index in [0.717, 1.165) is 60.4 Å². The first-order chi connectivity index (χ1) is 20.9. The number of H-pyrrole nitrogens is 1. The van der Waals surface area contributed by atoms with E-state index in [4.69, 9.17) is 0 Å². The number of hydrogen-bond donors (Lipinski definition) is 3. The molecule has 3 N–H and O–H groups in total. The summed E-state index contributed by atoms with van der Waals surface area (Å²) in [5, 5.41) is 11.5. The quantitative estimate of drug-likeness (QED) is 0.212. The Labute approximate surface area is 250 Å². The van der Waals surface area contributed by atoms with Crippen molar-refractivity contribution in [3.8, 4) is 16.9 Å². The highest BCUT2D eigenvalue weighted by molar-refractivity contribution is 7.89. The van der Waals surface area contributed by atoms with E-state index >= 15 is 0 Å². The van der Waals surface area contributed by atoms with Crippen molar-refractivity contribution < 1.29 is 8.42 Å². The summed E-state index contributed by atoms with van der Waals surface area (Å²) < 4.78 is 32.8. The molecule has 0 aliphatic carbocycles. The number of nitrogens with one attached hydrogen (secondary N) is 3. The average molecular weight is 601 g/mol. The molecular formula is C31H36N8O3S.